The van der Waals surface area contributed by atoms with Gasteiger partial charge in [0.2, 0.25) is 5.91 Å². The average Bonchev–Trinajstić information content (AvgIpc) is 2.95. The largest absolute Gasteiger partial charge is 0.346 e. The molecule has 1 amide bonds. The lowest BCUT2D eigenvalue weighted by Gasteiger charge is -2.17. The van der Waals surface area contributed by atoms with Crippen LogP contribution in [-0.4, -0.2) is 46.1 Å². The van der Waals surface area contributed by atoms with Crippen LogP contribution in [0.4, 0.5) is 0 Å². The zero-order chi connectivity index (χ0) is 15.8. The van der Waals surface area contributed by atoms with Crippen molar-refractivity contribution in [1.82, 2.24) is 25.2 Å². The SMILES string of the molecule is CNCCCC(=O)NC(CCSC)c1nnc2ccccn12.Cl.Cl. The van der Waals surface area contributed by atoms with Crippen molar-refractivity contribution in [3.05, 3.63) is 30.2 Å². The first-order valence-corrected chi connectivity index (χ1v) is 8.88. The molecule has 0 radical (unpaired) electrons. The number of thioether (sulfide) groups is 1. The second kappa shape index (κ2) is 12.4. The number of aromatic nitrogens is 3. The van der Waals surface area contributed by atoms with Crippen LogP contribution in [0.3, 0.4) is 0 Å². The number of pyridine rings is 1. The Hall–Kier alpha value is -1.02. The number of fused-ring (bicyclic) bond motifs is 1. The highest BCUT2D eigenvalue weighted by atomic mass is 35.5. The Bertz CT molecular complexity index is 610. The van der Waals surface area contributed by atoms with E-state index in [0.717, 1.165) is 36.6 Å². The number of rotatable bonds is 9. The van der Waals surface area contributed by atoms with E-state index in [4.69, 9.17) is 0 Å². The normalized spacial score (nSPS) is 11.4. The van der Waals surface area contributed by atoms with Crippen molar-refractivity contribution in [3.8, 4) is 0 Å². The van der Waals surface area contributed by atoms with E-state index >= 15 is 0 Å². The Labute approximate surface area is 159 Å². The van der Waals surface area contributed by atoms with E-state index in [1.165, 1.54) is 0 Å². The summed E-state index contributed by atoms with van der Waals surface area (Å²) >= 11 is 1.76. The van der Waals surface area contributed by atoms with E-state index in [-0.39, 0.29) is 36.8 Å². The Morgan fingerprint density at radius 2 is 2.12 bits per heavy atom. The molecule has 6 nitrogen and oxygen atoms in total. The molecule has 2 N–H and O–H groups in total. The lowest BCUT2D eigenvalue weighted by Crippen LogP contribution is -2.30. The third-order valence-corrected chi connectivity index (χ3v) is 4.07. The molecule has 0 aliphatic heterocycles. The third kappa shape index (κ3) is 6.47. The van der Waals surface area contributed by atoms with E-state index in [9.17, 15) is 4.79 Å². The van der Waals surface area contributed by atoms with E-state index < -0.39 is 0 Å². The second-order valence-corrected chi connectivity index (χ2v) is 6.08. The van der Waals surface area contributed by atoms with Gasteiger partial charge in [-0.1, -0.05) is 6.07 Å². The summed E-state index contributed by atoms with van der Waals surface area (Å²) in [6.07, 6.45) is 6.19. The quantitative estimate of drug-likeness (QED) is 0.640. The van der Waals surface area contributed by atoms with Crippen LogP contribution in [0.1, 0.15) is 31.1 Å². The fraction of sp³-hybridized carbons (Fsp3) is 0.533. The van der Waals surface area contributed by atoms with Gasteiger partial charge in [-0.05, 0) is 50.6 Å². The molecule has 24 heavy (non-hydrogen) atoms. The van der Waals surface area contributed by atoms with Crippen LogP contribution in [0, 0.1) is 0 Å². The van der Waals surface area contributed by atoms with Crippen LogP contribution in [0.25, 0.3) is 5.65 Å². The highest BCUT2D eigenvalue weighted by Crippen LogP contribution is 2.18. The van der Waals surface area contributed by atoms with Gasteiger partial charge in [0.15, 0.2) is 11.5 Å². The summed E-state index contributed by atoms with van der Waals surface area (Å²) < 4.78 is 1.94. The zero-order valence-electron chi connectivity index (χ0n) is 13.9. The zero-order valence-corrected chi connectivity index (χ0v) is 16.3. The van der Waals surface area contributed by atoms with Crippen LogP contribution in [0.15, 0.2) is 24.4 Å². The van der Waals surface area contributed by atoms with E-state index in [1.54, 1.807) is 11.8 Å². The molecule has 0 bridgehead atoms. The molecule has 0 aliphatic carbocycles. The maximum absolute atomic E-state index is 12.1. The topological polar surface area (TPSA) is 71.3 Å². The molecule has 2 aromatic heterocycles. The van der Waals surface area contributed by atoms with Gasteiger partial charge in [0.1, 0.15) is 0 Å². The van der Waals surface area contributed by atoms with Gasteiger partial charge in [-0.15, -0.1) is 35.0 Å². The molecule has 136 valence electrons. The van der Waals surface area contributed by atoms with Crippen molar-refractivity contribution in [2.24, 2.45) is 0 Å². The van der Waals surface area contributed by atoms with E-state index in [2.05, 4.69) is 27.1 Å². The lowest BCUT2D eigenvalue weighted by atomic mass is 10.2. The summed E-state index contributed by atoms with van der Waals surface area (Å²) in [6, 6.07) is 5.69. The smallest absolute Gasteiger partial charge is 0.220 e. The maximum atomic E-state index is 12.1. The number of carbonyl (C=O) groups excluding carboxylic acids is 1. The molecular formula is C15H25Cl2N5OS. The average molecular weight is 394 g/mol. The Balaban J connectivity index is 0.00000264. The minimum absolute atomic E-state index is 0. The van der Waals surface area contributed by atoms with Gasteiger partial charge in [0.05, 0.1) is 6.04 Å². The van der Waals surface area contributed by atoms with Gasteiger partial charge in [0, 0.05) is 12.6 Å². The molecular weight excluding hydrogens is 369 g/mol. The van der Waals surface area contributed by atoms with Gasteiger partial charge in [-0.3, -0.25) is 9.20 Å². The predicted octanol–water partition coefficient (Wildman–Crippen LogP) is 2.48. The first kappa shape index (κ1) is 23.0. The van der Waals surface area contributed by atoms with E-state index in [1.807, 2.05) is 35.8 Å². The summed E-state index contributed by atoms with van der Waals surface area (Å²) in [7, 11) is 1.89. The fourth-order valence-electron chi connectivity index (χ4n) is 2.29. The molecule has 0 spiro atoms. The minimum Gasteiger partial charge on any atom is -0.346 e. The molecule has 1 atom stereocenters. The molecule has 0 aliphatic rings. The molecule has 0 aromatic carbocycles. The van der Waals surface area contributed by atoms with Crippen LogP contribution < -0.4 is 10.6 Å². The first-order chi connectivity index (χ1) is 10.8. The van der Waals surface area contributed by atoms with Crippen LogP contribution >= 0.6 is 36.6 Å². The van der Waals surface area contributed by atoms with Crippen molar-refractivity contribution >= 4 is 48.1 Å². The summed E-state index contributed by atoms with van der Waals surface area (Å²) in [6.45, 7) is 0.844. The standard InChI is InChI=1S/C15H23N5OS.2ClH/c1-16-9-5-7-14(21)17-12(8-11-22-2)15-19-18-13-6-3-4-10-20(13)15;;/h3-4,6,10,12,16H,5,7-9,11H2,1-2H3,(H,17,21);2*1H. The number of hydrogen-bond acceptors (Lipinski definition) is 5. The van der Waals surface area contributed by atoms with Gasteiger partial charge < -0.3 is 10.6 Å². The third-order valence-electron chi connectivity index (χ3n) is 3.43. The molecule has 9 heteroatoms. The molecule has 2 rings (SSSR count). The van der Waals surface area contributed by atoms with Crippen molar-refractivity contribution in [2.75, 3.05) is 25.6 Å². The Morgan fingerprint density at radius 1 is 1.33 bits per heavy atom. The number of hydrogen-bond donors (Lipinski definition) is 2. The van der Waals surface area contributed by atoms with Crippen molar-refractivity contribution in [1.29, 1.82) is 0 Å². The van der Waals surface area contributed by atoms with Crippen LogP contribution in [-0.2, 0) is 4.79 Å². The maximum Gasteiger partial charge on any atom is 0.220 e. The molecule has 1 unspecified atom stereocenters. The lowest BCUT2D eigenvalue weighted by molar-refractivity contribution is -0.122. The molecule has 2 aromatic rings. The van der Waals surface area contributed by atoms with Gasteiger partial charge in [0.25, 0.3) is 0 Å². The summed E-state index contributed by atoms with van der Waals surface area (Å²) in [4.78, 5) is 12.1. The Kier molecular flexibility index (Phi) is 11.8. The first-order valence-electron chi connectivity index (χ1n) is 7.49. The molecule has 0 saturated heterocycles. The summed E-state index contributed by atoms with van der Waals surface area (Å²) in [5.74, 6) is 1.82. The Morgan fingerprint density at radius 3 is 2.83 bits per heavy atom. The molecule has 2 heterocycles. The highest BCUT2D eigenvalue weighted by molar-refractivity contribution is 7.98. The fourth-order valence-corrected chi connectivity index (χ4v) is 2.76. The number of amides is 1. The van der Waals surface area contributed by atoms with E-state index in [0.29, 0.717) is 6.42 Å². The second-order valence-electron chi connectivity index (χ2n) is 5.10. The van der Waals surface area contributed by atoms with Crippen molar-refractivity contribution in [2.45, 2.75) is 25.3 Å². The number of nitrogens with one attached hydrogen (secondary N) is 2. The van der Waals surface area contributed by atoms with Crippen LogP contribution in [0.5, 0.6) is 0 Å². The van der Waals surface area contributed by atoms with Crippen LogP contribution in [0.2, 0.25) is 0 Å². The molecule has 0 fully saturated rings. The number of carbonyl (C=O) groups is 1. The van der Waals surface area contributed by atoms with Gasteiger partial charge in [-0.25, -0.2) is 0 Å². The molecule has 0 saturated carbocycles. The predicted molar refractivity (Wildman–Crippen MR) is 105 cm³/mol. The van der Waals surface area contributed by atoms with Gasteiger partial charge >= 0.3 is 0 Å². The number of halogens is 2. The van der Waals surface area contributed by atoms with Crippen molar-refractivity contribution < 1.29 is 4.79 Å². The summed E-state index contributed by atoms with van der Waals surface area (Å²) in [5.41, 5.74) is 0.802. The van der Waals surface area contributed by atoms with Gasteiger partial charge in [-0.2, -0.15) is 11.8 Å². The van der Waals surface area contributed by atoms with Crippen molar-refractivity contribution in [3.63, 3.8) is 0 Å². The summed E-state index contributed by atoms with van der Waals surface area (Å²) in [5, 5.41) is 14.6. The highest BCUT2D eigenvalue weighted by Gasteiger charge is 2.19. The minimum atomic E-state index is -0.105. The monoisotopic (exact) mass is 393 g/mol. The number of nitrogens with zero attached hydrogens (tertiary/aromatic N) is 3.